The van der Waals surface area contributed by atoms with Gasteiger partial charge in [-0.25, -0.2) is 4.79 Å². The van der Waals surface area contributed by atoms with Crippen LogP contribution in [-0.4, -0.2) is 69.8 Å². The van der Waals surface area contributed by atoms with Gasteiger partial charge in [-0.15, -0.1) is 0 Å². The summed E-state index contributed by atoms with van der Waals surface area (Å²) in [4.78, 5) is 26.1. The second-order valence-electron chi connectivity index (χ2n) is 11.6. The van der Waals surface area contributed by atoms with Crippen molar-refractivity contribution in [3.8, 4) is 5.75 Å². The van der Waals surface area contributed by atoms with Crippen molar-refractivity contribution >= 4 is 12.1 Å². The van der Waals surface area contributed by atoms with E-state index < -0.39 is 41.8 Å². The molecule has 8 heteroatoms. The van der Waals surface area contributed by atoms with Crippen molar-refractivity contribution in [1.82, 2.24) is 4.90 Å². The van der Waals surface area contributed by atoms with Gasteiger partial charge in [0.2, 0.25) is 0 Å². The second kappa shape index (κ2) is 15.4. The zero-order valence-corrected chi connectivity index (χ0v) is 24.5. The highest BCUT2D eigenvalue weighted by Gasteiger charge is 2.30. The van der Waals surface area contributed by atoms with Gasteiger partial charge in [0.15, 0.2) is 0 Å². The summed E-state index contributed by atoms with van der Waals surface area (Å²) in [6, 6.07) is 16.0. The number of rotatable bonds is 14. The van der Waals surface area contributed by atoms with Crippen molar-refractivity contribution in [2.75, 3.05) is 13.7 Å². The fourth-order valence-corrected chi connectivity index (χ4v) is 4.10. The number of aliphatic carboxylic acids is 1. The predicted molar refractivity (Wildman–Crippen MR) is 155 cm³/mol. The Labute approximate surface area is 238 Å². The lowest BCUT2D eigenvalue weighted by molar-refractivity contribution is -0.144. The number of aliphatic hydroxyl groups is 2. The molecule has 3 N–H and O–H groups in total. The summed E-state index contributed by atoms with van der Waals surface area (Å²) in [6.07, 6.45) is 0.772. The number of amides is 1. The van der Waals surface area contributed by atoms with Gasteiger partial charge in [0.05, 0.1) is 30.8 Å². The minimum Gasteiger partial charge on any atom is -0.493 e. The van der Waals surface area contributed by atoms with Gasteiger partial charge in [-0.1, -0.05) is 68.5 Å². The molecule has 0 radical (unpaired) electrons. The number of aliphatic hydroxyl groups excluding tert-OH is 2. The number of ether oxygens (including phenoxy) is 2. The van der Waals surface area contributed by atoms with E-state index in [1.54, 1.807) is 33.9 Å². The number of carbonyl (C=O) groups is 2. The fraction of sp³-hybridized carbons (Fsp3) is 0.500. The van der Waals surface area contributed by atoms with E-state index in [-0.39, 0.29) is 12.8 Å². The predicted octanol–water partition coefficient (Wildman–Crippen LogP) is 5.11. The Morgan fingerprint density at radius 1 is 0.950 bits per heavy atom. The van der Waals surface area contributed by atoms with Crippen molar-refractivity contribution in [2.45, 2.75) is 77.7 Å². The lowest BCUT2D eigenvalue weighted by atomic mass is 9.93. The maximum absolute atomic E-state index is 12.9. The molecule has 0 aromatic heterocycles. The average Bonchev–Trinajstić information content (AvgIpc) is 2.88. The van der Waals surface area contributed by atoms with E-state index in [9.17, 15) is 24.9 Å². The maximum Gasteiger partial charge on any atom is 0.410 e. The van der Waals surface area contributed by atoms with Gasteiger partial charge in [-0.05, 0) is 69.2 Å². The monoisotopic (exact) mass is 555 g/mol. The molecule has 2 aromatic carbocycles. The number of hydrogen-bond acceptors (Lipinski definition) is 6. The smallest absolute Gasteiger partial charge is 0.410 e. The lowest BCUT2D eigenvalue weighted by Gasteiger charge is -2.33. The molecule has 2 rings (SSSR count). The Kier molecular flexibility index (Phi) is 12.7. The van der Waals surface area contributed by atoms with Gasteiger partial charge in [0.1, 0.15) is 11.4 Å². The van der Waals surface area contributed by atoms with Crippen molar-refractivity contribution in [3.05, 3.63) is 77.9 Å². The van der Waals surface area contributed by atoms with Crippen LogP contribution in [0.15, 0.2) is 66.7 Å². The zero-order valence-electron chi connectivity index (χ0n) is 24.5. The summed E-state index contributed by atoms with van der Waals surface area (Å²) in [7, 11) is 1.58. The first-order valence-electron chi connectivity index (χ1n) is 13.7. The summed E-state index contributed by atoms with van der Waals surface area (Å²) in [5.74, 6) is -0.995. The van der Waals surface area contributed by atoms with Crippen LogP contribution in [0.1, 0.15) is 52.2 Å². The lowest BCUT2D eigenvalue weighted by Crippen LogP contribution is -2.47. The van der Waals surface area contributed by atoms with Crippen molar-refractivity contribution in [2.24, 2.45) is 11.8 Å². The van der Waals surface area contributed by atoms with Crippen LogP contribution >= 0.6 is 0 Å². The van der Waals surface area contributed by atoms with Crippen molar-refractivity contribution in [1.29, 1.82) is 0 Å². The number of carbonyl (C=O) groups excluding carboxylic acids is 1. The van der Waals surface area contributed by atoms with E-state index in [1.807, 2.05) is 54.6 Å². The van der Waals surface area contributed by atoms with Crippen LogP contribution in [-0.2, 0) is 22.4 Å². The number of nitrogens with zero attached hydrogens (tertiary/aromatic N) is 1. The van der Waals surface area contributed by atoms with Gasteiger partial charge in [0, 0.05) is 7.05 Å². The molecule has 0 unspecified atom stereocenters. The minimum absolute atomic E-state index is 0.0993. The molecule has 0 saturated heterocycles. The largest absolute Gasteiger partial charge is 0.493 e. The van der Waals surface area contributed by atoms with E-state index in [1.165, 1.54) is 11.0 Å². The summed E-state index contributed by atoms with van der Waals surface area (Å²) < 4.78 is 11.3. The molecule has 220 valence electrons. The SMILES string of the molecule is CC(C)COc1ccc(C[C@@H]([C@H](O)C/C=C/[C@@H](O)[C@@H](Cc2ccccc2)C(=O)O)N(C)C(=O)OC(C)(C)C)cc1. The maximum atomic E-state index is 12.9. The van der Waals surface area contributed by atoms with Gasteiger partial charge in [-0.2, -0.15) is 0 Å². The van der Waals surface area contributed by atoms with Crippen molar-refractivity contribution < 1.29 is 34.4 Å². The highest BCUT2D eigenvalue weighted by Crippen LogP contribution is 2.21. The Bertz CT molecular complexity index is 1080. The van der Waals surface area contributed by atoms with Gasteiger partial charge < -0.3 is 29.7 Å². The van der Waals surface area contributed by atoms with Gasteiger partial charge in [0.25, 0.3) is 0 Å². The highest BCUT2D eigenvalue weighted by molar-refractivity contribution is 5.71. The highest BCUT2D eigenvalue weighted by atomic mass is 16.6. The van der Waals surface area contributed by atoms with E-state index in [4.69, 9.17) is 9.47 Å². The first-order chi connectivity index (χ1) is 18.8. The molecule has 0 aliphatic carbocycles. The first-order valence-corrected chi connectivity index (χ1v) is 13.7. The number of carboxylic acid groups (broad SMARTS) is 1. The minimum atomic E-state index is -1.25. The number of hydrogen-bond donors (Lipinski definition) is 3. The molecule has 1 amide bonds. The van der Waals surface area contributed by atoms with Crippen LogP contribution in [0.5, 0.6) is 5.75 Å². The van der Waals surface area contributed by atoms with Crippen LogP contribution < -0.4 is 4.74 Å². The number of benzene rings is 2. The number of carboxylic acids is 1. The third-order valence-electron chi connectivity index (χ3n) is 6.31. The van der Waals surface area contributed by atoms with Crippen LogP contribution in [0.25, 0.3) is 0 Å². The Balaban J connectivity index is 2.15. The molecule has 0 aliphatic heterocycles. The first kappa shape index (κ1) is 32.8. The average molecular weight is 556 g/mol. The van der Waals surface area contributed by atoms with E-state index in [2.05, 4.69) is 13.8 Å². The summed E-state index contributed by atoms with van der Waals surface area (Å²) >= 11 is 0. The molecule has 40 heavy (non-hydrogen) atoms. The Hall–Kier alpha value is -3.36. The standard InChI is InChI=1S/C32H45NO7/c1-22(2)21-39-25-17-15-24(16-18-25)20-27(33(6)31(38)40-32(3,4)5)29(35)14-10-13-28(34)26(30(36)37)19-23-11-8-7-9-12-23/h7-13,15-18,22,26-29,34-35H,14,19-21H2,1-6H3,(H,36,37)/b13-10+/t26-,27+,28-,29-/m1/s1. The van der Waals surface area contributed by atoms with E-state index in [0.29, 0.717) is 18.9 Å². The van der Waals surface area contributed by atoms with Crippen LogP contribution in [0, 0.1) is 11.8 Å². The molecule has 0 saturated carbocycles. The Morgan fingerprint density at radius 2 is 1.55 bits per heavy atom. The quantitative estimate of drug-likeness (QED) is 0.277. The second-order valence-corrected chi connectivity index (χ2v) is 11.6. The third-order valence-corrected chi connectivity index (χ3v) is 6.31. The van der Waals surface area contributed by atoms with Crippen LogP contribution in [0.3, 0.4) is 0 Å². The van der Waals surface area contributed by atoms with Crippen LogP contribution in [0.2, 0.25) is 0 Å². The fourth-order valence-electron chi connectivity index (χ4n) is 4.10. The summed E-state index contributed by atoms with van der Waals surface area (Å²) in [5, 5.41) is 31.4. The molecule has 8 nitrogen and oxygen atoms in total. The van der Waals surface area contributed by atoms with Crippen LogP contribution in [0.4, 0.5) is 4.79 Å². The van der Waals surface area contributed by atoms with Crippen molar-refractivity contribution in [3.63, 3.8) is 0 Å². The third kappa shape index (κ3) is 11.4. The molecular weight excluding hydrogens is 510 g/mol. The van der Waals surface area contributed by atoms with E-state index >= 15 is 0 Å². The topological polar surface area (TPSA) is 117 Å². The molecule has 0 heterocycles. The normalized spacial score (nSPS) is 14.9. The summed E-state index contributed by atoms with van der Waals surface area (Å²) in [6.45, 7) is 10.1. The zero-order chi connectivity index (χ0) is 29.9. The van der Waals surface area contributed by atoms with Gasteiger partial charge >= 0.3 is 12.1 Å². The van der Waals surface area contributed by atoms with E-state index in [0.717, 1.165) is 16.9 Å². The molecule has 0 spiro atoms. The molecule has 0 bridgehead atoms. The molecule has 0 fully saturated rings. The number of likely N-dealkylation sites (N-methyl/N-ethyl adjacent to an activating group) is 1. The molecule has 4 atom stereocenters. The summed E-state index contributed by atoms with van der Waals surface area (Å²) in [5.41, 5.74) is 1.00. The molecule has 2 aromatic rings. The Morgan fingerprint density at radius 3 is 2.10 bits per heavy atom. The van der Waals surface area contributed by atoms with Gasteiger partial charge in [-0.3, -0.25) is 4.79 Å². The molecular formula is C32H45NO7. The molecule has 0 aliphatic rings.